The summed E-state index contributed by atoms with van der Waals surface area (Å²) in [7, 11) is -4.54. The minimum atomic E-state index is -5.18. The number of nitrogens with zero attached hydrogens (tertiary/aromatic N) is 4. The van der Waals surface area contributed by atoms with E-state index in [2.05, 4.69) is 24.3 Å². The minimum absolute atomic E-state index is 0.0975. The van der Waals surface area contributed by atoms with Crippen molar-refractivity contribution in [1.29, 1.82) is 0 Å². The molecule has 5 aromatic rings. The summed E-state index contributed by atoms with van der Waals surface area (Å²) in [5.41, 5.74) is 7.76. The number of nitrogen functional groups attached to an aromatic ring is 1. The molecule has 6 rings (SSSR count). The highest BCUT2D eigenvalue weighted by Gasteiger charge is 2.34. The number of carbonyl (C=O) groups excluding carboxylic acids is 1. The van der Waals surface area contributed by atoms with Gasteiger partial charge in [-0.05, 0) is 54.1 Å². The second-order valence-electron chi connectivity index (χ2n) is 11.1. The third-order valence-corrected chi connectivity index (χ3v) is 9.37. The number of halogens is 4. The van der Waals surface area contributed by atoms with Crippen molar-refractivity contribution >= 4 is 49.8 Å². The molecule has 248 valence electrons. The molecule has 1 aliphatic rings. The highest BCUT2D eigenvalue weighted by Crippen LogP contribution is 2.37. The maximum Gasteiger partial charge on any atom is 0.573 e. The Kier molecular flexibility index (Phi) is 9.14. The fraction of sp³-hybridized carbons (Fsp3) is 0.182. The normalized spacial score (nSPS) is 14.2. The fourth-order valence-corrected chi connectivity index (χ4v) is 7.02. The molecule has 0 saturated carbocycles. The zero-order chi connectivity index (χ0) is 34.1. The number of anilines is 2. The van der Waals surface area contributed by atoms with E-state index in [1.807, 2.05) is 12.1 Å². The van der Waals surface area contributed by atoms with E-state index in [9.17, 15) is 26.4 Å². The third-order valence-electron chi connectivity index (χ3n) is 7.74. The first-order chi connectivity index (χ1) is 22.9. The van der Waals surface area contributed by atoms with Crippen LogP contribution in [-0.4, -0.2) is 66.6 Å². The molecule has 1 fully saturated rings. The first-order valence-corrected chi connectivity index (χ1v) is 16.5. The zero-order valence-electron chi connectivity index (χ0n) is 25.1. The summed E-state index contributed by atoms with van der Waals surface area (Å²) in [5.74, 6) is -1.40. The summed E-state index contributed by atoms with van der Waals surface area (Å²) in [4.78, 5) is 25.2. The summed E-state index contributed by atoms with van der Waals surface area (Å²) in [6, 6.07) is 17.9. The van der Waals surface area contributed by atoms with Crippen LogP contribution in [-0.2, 0) is 16.6 Å². The van der Waals surface area contributed by atoms with E-state index in [0.717, 1.165) is 23.1 Å². The third kappa shape index (κ3) is 7.46. The number of ether oxygens (including phenoxy) is 1. The van der Waals surface area contributed by atoms with Crippen molar-refractivity contribution in [3.63, 3.8) is 0 Å². The average molecular weight is 697 g/mol. The van der Waals surface area contributed by atoms with Crippen LogP contribution in [0.4, 0.5) is 24.5 Å². The van der Waals surface area contributed by atoms with Gasteiger partial charge in [-0.2, -0.15) is 0 Å². The van der Waals surface area contributed by atoms with Crippen molar-refractivity contribution in [3.8, 4) is 16.9 Å². The molecule has 2 aromatic heterocycles. The number of carbonyl (C=O) groups is 1. The van der Waals surface area contributed by atoms with Gasteiger partial charge in [0.2, 0.25) is 0 Å². The van der Waals surface area contributed by atoms with Crippen LogP contribution >= 0.6 is 11.6 Å². The molecule has 0 aliphatic carbocycles. The number of hydrogen-bond donors (Lipinski definition) is 2. The second-order valence-corrected chi connectivity index (χ2v) is 13.2. The van der Waals surface area contributed by atoms with Gasteiger partial charge in [-0.3, -0.25) is 24.4 Å². The highest BCUT2D eigenvalue weighted by atomic mass is 35.5. The van der Waals surface area contributed by atoms with Crippen molar-refractivity contribution < 1.29 is 31.1 Å². The van der Waals surface area contributed by atoms with Crippen molar-refractivity contribution in [2.24, 2.45) is 0 Å². The topological polar surface area (TPSA) is 131 Å². The Hall–Kier alpha value is -4.92. The molecule has 15 heteroatoms. The van der Waals surface area contributed by atoms with Gasteiger partial charge >= 0.3 is 6.36 Å². The maximum atomic E-state index is 13.8. The number of aromatic nitrogens is 2. The molecule has 3 heterocycles. The lowest BCUT2D eigenvalue weighted by atomic mass is 10.0. The number of amides is 1. The number of fused-ring (bicyclic) bond motifs is 1. The van der Waals surface area contributed by atoms with Crippen LogP contribution in [0.1, 0.15) is 15.9 Å². The Bertz CT molecular complexity index is 2100. The molecular weight excluding hydrogens is 669 g/mol. The van der Waals surface area contributed by atoms with Gasteiger partial charge in [0, 0.05) is 79.1 Å². The summed E-state index contributed by atoms with van der Waals surface area (Å²) >= 11 is 6.02. The van der Waals surface area contributed by atoms with Crippen LogP contribution < -0.4 is 15.2 Å². The Labute approximate surface area is 279 Å². The lowest BCUT2D eigenvalue weighted by Gasteiger charge is -2.34. The van der Waals surface area contributed by atoms with Crippen LogP contribution in [0, 0.1) is 0 Å². The first-order valence-electron chi connectivity index (χ1n) is 14.6. The second kappa shape index (κ2) is 13.3. The summed E-state index contributed by atoms with van der Waals surface area (Å²) in [5, 5.41) is 1.26. The number of benzene rings is 3. The molecule has 0 bridgehead atoms. The molecule has 0 radical (unpaired) electrons. The van der Waals surface area contributed by atoms with E-state index in [0.29, 0.717) is 48.8 Å². The van der Waals surface area contributed by atoms with Gasteiger partial charge < -0.3 is 15.4 Å². The predicted octanol–water partition coefficient (Wildman–Crippen LogP) is 6.19. The quantitative estimate of drug-likeness (QED) is 0.184. The highest BCUT2D eigenvalue weighted by molar-refractivity contribution is 7.92. The van der Waals surface area contributed by atoms with Crippen LogP contribution in [0.2, 0.25) is 5.02 Å². The molecule has 1 aliphatic heterocycles. The SMILES string of the molecule is Nc1ccc(S(=O)(=O)Nc2ccc(C(=O)N3CCN(Cc4cncc(Cl)c4)CC3)cc2OC(F)(F)F)c(-c2cccc3cccnc23)c1. The van der Waals surface area contributed by atoms with Crippen LogP contribution in [0.5, 0.6) is 5.75 Å². The van der Waals surface area contributed by atoms with Gasteiger partial charge in [0.05, 0.1) is 21.1 Å². The molecule has 48 heavy (non-hydrogen) atoms. The van der Waals surface area contributed by atoms with Gasteiger partial charge in [-0.15, -0.1) is 13.2 Å². The maximum absolute atomic E-state index is 13.8. The molecule has 1 saturated heterocycles. The molecule has 10 nitrogen and oxygen atoms in total. The Balaban J connectivity index is 1.26. The molecule has 0 atom stereocenters. The fourth-order valence-electron chi connectivity index (χ4n) is 5.55. The van der Waals surface area contributed by atoms with Crippen LogP contribution in [0.3, 0.4) is 0 Å². The van der Waals surface area contributed by atoms with Crippen molar-refractivity contribution in [2.75, 3.05) is 36.6 Å². The summed E-state index contributed by atoms with van der Waals surface area (Å²) in [6.07, 6.45) is -0.374. The van der Waals surface area contributed by atoms with Gasteiger partial charge in [-0.25, -0.2) is 8.42 Å². The molecule has 0 spiro atoms. The van der Waals surface area contributed by atoms with E-state index in [-0.39, 0.29) is 21.7 Å². The lowest BCUT2D eigenvalue weighted by Crippen LogP contribution is -2.48. The molecule has 0 unspecified atom stereocenters. The number of piperazine rings is 1. The monoisotopic (exact) mass is 696 g/mol. The number of hydrogen-bond acceptors (Lipinski definition) is 8. The number of pyridine rings is 2. The molecule has 3 aromatic carbocycles. The van der Waals surface area contributed by atoms with Crippen LogP contribution in [0.25, 0.3) is 22.0 Å². The standard InChI is InChI=1S/C33H28ClF3N6O4S/c34-24-15-21(18-39-19-24)20-42-11-13-43(14-12-42)32(44)23-6-8-28(29(16-23)47-33(35,36)37)41-48(45,46)30-9-7-25(38)17-27(30)26-5-1-3-22-4-2-10-40-31(22)26/h1-10,15-19,41H,11-14,20,38H2. The Morgan fingerprint density at radius 1 is 0.958 bits per heavy atom. The van der Waals surface area contributed by atoms with E-state index < -0.39 is 33.7 Å². The molecular formula is C33H28ClF3N6O4S. The van der Waals surface area contributed by atoms with Gasteiger partial charge in [-0.1, -0.05) is 35.9 Å². The minimum Gasteiger partial charge on any atom is -0.404 e. The Morgan fingerprint density at radius 2 is 1.73 bits per heavy atom. The van der Waals surface area contributed by atoms with Gasteiger partial charge in [0.25, 0.3) is 15.9 Å². The number of sulfonamides is 1. The number of alkyl halides is 3. The summed E-state index contributed by atoms with van der Waals surface area (Å²) in [6.45, 7) is 2.23. The smallest absolute Gasteiger partial charge is 0.404 e. The average Bonchev–Trinajstić information content (AvgIpc) is 3.04. The number of para-hydroxylation sites is 1. The van der Waals surface area contributed by atoms with Crippen molar-refractivity contribution in [3.05, 3.63) is 108 Å². The lowest BCUT2D eigenvalue weighted by molar-refractivity contribution is -0.274. The predicted molar refractivity (Wildman–Crippen MR) is 176 cm³/mol. The Morgan fingerprint density at radius 3 is 2.48 bits per heavy atom. The summed E-state index contributed by atoms with van der Waals surface area (Å²) < 4.78 is 74.7. The van der Waals surface area contributed by atoms with E-state index >= 15 is 0 Å². The largest absolute Gasteiger partial charge is 0.573 e. The van der Waals surface area contributed by atoms with E-state index in [4.69, 9.17) is 17.3 Å². The van der Waals surface area contributed by atoms with Gasteiger partial charge in [0.1, 0.15) is 0 Å². The van der Waals surface area contributed by atoms with E-state index in [1.165, 1.54) is 35.4 Å². The van der Waals surface area contributed by atoms with E-state index in [1.54, 1.807) is 36.7 Å². The molecule has 1 amide bonds. The molecule has 3 N–H and O–H groups in total. The zero-order valence-corrected chi connectivity index (χ0v) is 26.7. The number of rotatable bonds is 8. The number of nitrogens with two attached hydrogens (primary N) is 1. The number of nitrogens with one attached hydrogen (secondary N) is 1. The first kappa shape index (κ1) is 33.0. The van der Waals surface area contributed by atoms with Crippen molar-refractivity contribution in [2.45, 2.75) is 17.8 Å². The van der Waals surface area contributed by atoms with Crippen LogP contribution in [0.15, 0.2) is 96.3 Å². The van der Waals surface area contributed by atoms with Crippen molar-refractivity contribution in [1.82, 2.24) is 19.8 Å². The van der Waals surface area contributed by atoms with Gasteiger partial charge in [0.15, 0.2) is 5.75 Å².